The first kappa shape index (κ1) is 12.5. The first-order chi connectivity index (χ1) is 8.67. The zero-order valence-corrected chi connectivity index (χ0v) is 11.0. The van der Waals surface area contributed by atoms with Crippen LogP contribution in [-0.2, 0) is 0 Å². The number of anilines is 1. The summed E-state index contributed by atoms with van der Waals surface area (Å²) in [5.41, 5.74) is 0.802. The van der Waals surface area contributed by atoms with Gasteiger partial charge in [-0.1, -0.05) is 0 Å². The third kappa shape index (κ3) is 2.20. The smallest absolute Gasteiger partial charge is 0.324 e. The van der Waals surface area contributed by atoms with E-state index in [-0.39, 0.29) is 12.8 Å². The molecule has 0 aliphatic carbocycles. The van der Waals surface area contributed by atoms with Crippen LogP contribution in [0.25, 0.3) is 0 Å². The molecule has 0 fully saturated rings. The van der Waals surface area contributed by atoms with Crippen molar-refractivity contribution < 1.29 is 14.3 Å². The molecule has 0 radical (unpaired) electrons. The van der Waals surface area contributed by atoms with Crippen molar-refractivity contribution in [2.24, 2.45) is 0 Å². The van der Waals surface area contributed by atoms with Crippen molar-refractivity contribution in [3.8, 4) is 11.5 Å². The van der Waals surface area contributed by atoms with E-state index in [1.165, 1.54) is 0 Å². The molecular formula is C13H18N2O3. The van der Waals surface area contributed by atoms with Crippen molar-refractivity contribution in [1.29, 1.82) is 0 Å². The first-order valence-corrected chi connectivity index (χ1v) is 6.09. The largest absolute Gasteiger partial charge is 0.454 e. The Kier molecular flexibility index (Phi) is 3.60. The molecule has 98 valence electrons. The molecule has 1 aliphatic rings. The molecule has 0 N–H and O–H groups in total. The van der Waals surface area contributed by atoms with E-state index in [4.69, 9.17) is 9.47 Å². The molecule has 0 aromatic heterocycles. The summed E-state index contributed by atoms with van der Waals surface area (Å²) in [7, 11) is 1.76. The van der Waals surface area contributed by atoms with Gasteiger partial charge in [-0.05, 0) is 26.0 Å². The number of carbonyl (C=O) groups excluding carboxylic acids is 1. The van der Waals surface area contributed by atoms with E-state index in [2.05, 4.69) is 0 Å². The highest BCUT2D eigenvalue weighted by molar-refractivity contribution is 5.91. The third-order valence-corrected chi connectivity index (χ3v) is 3.06. The maximum atomic E-state index is 12.2. The molecule has 2 amide bonds. The number of nitrogens with zero attached hydrogens (tertiary/aromatic N) is 2. The minimum Gasteiger partial charge on any atom is -0.454 e. The van der Waals surface area contributed by atoms with Crippen LogP contribution in [0.1, 0.15) is 13.8 Å². The van der Waals surface area contributed by atoms with E-state index in [0.717, 1.165) is 11.4 Å². The predicted octanol–water partition coefficient (Wildman–Crippen LogP) is 2.31. The van der Waals surface area contributed by atoms with Gasteiger partial charge in [-0.2, -0.15) is 0 Å². The van der Waals surface area contributed by atoms with Gasteiger partial charge in [0.1, 0.15) is 0 Å². The summed E-state index contributed by atoms with van der Waals surface area (Å²) in [6, 6.07) is 5.49. The summed E-state index contributed by atoms with van der Waals surface area (Å²) in [5.74, 6) is 1.41. The number of benzene rings is 1. The summed E-state index contributed by atoms with van der Waals surface area (Å²) < 4.78 is 10.6. The van der Waals surface area contributed by atoms with Gasteiger partial charge >= 0.3 is 6.03 Å². The molecule has 0 atom stereocenters. The van der Waals surface area contributed by atoms with Gasteiger partial charge in [0.15, 0.2) is 11.5 Å². The highest BCUT2D eigenvalue weighted by Crippen LogP contribution is 2.35. The van der Waals surface area contributed by atoms with E-state index >= 15 is 0 Å². The van der Waals surface area contributed by atoms with Gasteiger partial charge in [-0.15, -0.1) is 0 Å². The van der Waals surface area contributed by atoms with Gasteiger partial charge < -0.3 is 14.4 Å². The number of amides is 2. The summed E-state index contributed by atoms with van der Waals surface area (Å²) in [5, 5.41) is 0. The Labute approximate surface area is 107 Å². The molecule has 0 saturated heterocycles. The lowest BCUT2D eigenvalue weighted by molar-refractivity contribution is 0.174. The highest BCUT2D eigenvalue weighted by atomic mass is 16.7. The number of ether oxygens (including phenoxy) is 2. The van der Waals surface area contributed by atoms with E-state index in [9.17, 15) is 4.79 Å². The lowest BCUT2D eigenvalue weighted by Gasteiger charge is -2.26. The molecule has 0 spiro atoms. The second-order valence-corrected chi connectivity index (χ2v) is 4.05. The zero-order chi connectivity index (χ0) is 13.1. The Morgan fingerprint density at radius 3 is 2.56 bits per heavy atom. The number of urea groups is 1. The van der Waals surface area contributed by atoms with E-state index < -0.39 is 0 Å². The van der Waals surface area contributed by atoms with Crippen molar-refractivity contribution in [3.63, 3.8) is 0 Å². The van der Waals surface area contributed by atoms with Crippen LogP contribution in [0.2, 0.25) is 0 Å². The van der Waals surface area contributed by atoms with E-state index in [1.807, 2.05) is 32.0 Å². The molecule has 5 heteroatoms. The van der Waals surface area contributed by atoms with Gasteiger partial charge in [-0.3, -0.25) is 4.90 Å². The maximum absolute atomic E-state index is 12.2. The summed E-state index contributed by atoms with van der Waals surface area (Å²) in [6.07, 6.45) is 0. The summed E-state index contributed by atoms with van der Waals surface area (Å²) >= 11 is 0. The summed E-state index contributed by atoms with van der Waals surface area (Å²) in [6.45, 7) is 5.57. The maximum Gasteiger partial charge on any atom is 0.324 e. The standard InChI is InChI=1S/C13H18N2O3/c1-4-15(5-2)13(16)14(3)10-6-7-11-12(8-10)18-9-17-11/h6-8H,4-5,9H2,1-3H3. The normalized spacial score (nSPS) is 12.4. The monoisotopic (exact) mass is 250 g/mol. The zero-order valence-electron chi connectivity index (χ0n) is 11.0. The SMILES string of the molecule is CCN(CC)C(=O)N(C)c1ccc2c(c1)OCO2. The number of rotatable bonds is 3. The Hall–Kier alpha value is -1.91. The lowest BCUT2D eigenvalue weighted by Crippen LogP contribution is -2.41. The number of hydrogen-bond acceptors (Lipinski definition) is 3. The minimum atomic E-state index is -0.0149. The number of hydrogen-bond donors (Lipinski definition) is 0. The average Bonchev–Trinajstić information content (AvgIpc) is 2.86. The van der Waals surface area contributed by atoms with Crippen LogP contribution in [0, 0.1) is 0 Å². The van der Waals surface area contributed by atoms with E-state index in [0.29, 0.717) is 18.8 Å². The molecule has 1 heterocycles. The van der Waals surface area contributed by atoms with Gasteiger partial charge in [-0.25, -0.2) is 4.79 Å². The molecule has 18 heavy (non-hydrogen) atoms. The van der Waals surface area contributed by atoms with Crippen molar-refractivity contribution >= 4 is 11.7 Å². The fraction of sp³-hybridized carbons (Fsp3) is 0.462. The molecule has 2 rings (SSSR count). The van der Waals surface area contributed by atoms with Crippen molar-refractivity contribution in [1.82, 2.24) is 4.90 Å². The second-order valence-electron chi connectivity index (χ2n) is 4.05. The van der Waals surface area contributed by atoms with Crippen molar-refractivity contribution in [3.05, 3.63) is 18.2 Å². The van der Waals surface area contributed by atoms with Crippen LogP contribution in [0.5, 0.6) is 11.5 Å². The van der Waals surface area contributed by atoms with Crippen LogP contribution in [0.15, 0.2) is 18.2 Å². The van der Waals surface area contributed by atoms with Crippen LogP contribution >= 0.6 is 0 Å². The minimum absolute atomic E-state index is 0.0149. The van der Waals surface area contributed by atoms with E-state index in [1.54, 1.807) is 16.8 Å². The summed E-state index contributed by atoms with van der Waals surface area (Å²) in [4.78, 5) is 15.6. The van der Waals surface area contributed by atoms with Crippen LogP contribution < -0.4 is 14.4 Å². The molecule has 1 aliphatic heterocycles. The van der Waals surface area contributed by atoms with Crippen LogP contribution in [-0.4, -0.2) is 37.9 Å². The fourth-order valence-electron chi connectivity index (χ4n) is 1.91. The quantitative estimate of drug-likeness (QED) is 0.826. The molecule has 0 unspecified atom stereocenters. The Morgan fingerprint density at radius 1 is 1.22 bits per heavy atom. The van der Waals surface area contributed by atoms with Gasteiger partial charge in [0, 0.05) is 31.9 Å². The van der Waals surface area contributed by atoms with Crippen LogP contribution in [0.3, 0.4) is 0 Å². The second kappa shape index (κ2) is 5.16. The van der Waals surface area contributed by atoms with Gasteiger partial charge in [0.25, 0.3) is 0 Å². The molecule has 1 aromatic rings. The molecule has 0 bridgehead atoms. The molecule has 0 saturated carbocycles. The Morgan fingerprint density at radius 2 is 1.89 bits per heavy atom. The van der Waals surface area contributed by atoms with Crippen molar-refractivity contribution in [2.75, 3.05) is 31.8 Å². The molecule has 1 aromatic carbocycles. The predicted molar refractivity (Wildman–Crippen MR) is 69.3 cm³/mol. The van der Waals surface area contributed by atoms with Gasteiger partial charge in [0.05, 0.1) is 0 Å². The fourth-order valence-corrected chi connectivity index (χ4v) is 1.91. The highest BCUT2D eigenvalue weighted by Gasteiger charge is 2.19. The van der Waals surface area contributed by atoms with Crippen molar-refractivity contribution in [2.45, 2.75) is 13.8 Å². The number of fused-ring (bicyclic) bond motifs is 1. The van der Waals surface area contributed by atoms with Crippen LogP contribution in [0.4, 0.5) is 10.5 Å². The number of carbonyl (C=O) groups is 1. The molecular weight excluding hydrogens is 232 g/mol. The Balaban J connectivity index is 2.18. The lowest BCUT2D eigenvalue weighted by atomic mass is 10.2. The Bertz CT molecular complexity index is 444. The topological polar surface area (TPSA) is 42.0 Å². The average molecular weight is 250 g/mol. The van der Waals surface area contributed by atoms with Gasteiger partial charge in [0.2, 0.25) is 6.79 Å². The first-order valence-electron chi connectivity index (χ1n) is 6.09. The molecule has 5 nitrogen and oxygen atoms in total. The third-order valence-electron chi connectivity index (χ3n) is 3.06.